The molecule has 1 atom stereocenters. The minimum absolute atomic E-state index is 0.0483. The lowest BCUT2D eigenvalue weighted by molar-refractivity contribution is -0.129. The maximum atomic E-state index is 12.7. The van der Waals surface area contributed by atoms with Crippen LogP contribution in [0.3, 0.4) is 0 Å². The molecule has 148 valence electrons. The van der Waals surface area contributed by atoms with Gasteiger partial charge in [-0.05, 0) is 36.2 Å². The van der Waals surface area contributed by atoms with Gasteiger partial charge in [0.05, 0.1) is 19.2 Å². The molecule has 3 aromatic rings. The number of H-pyrrole nitrogens is 1. The van der Waals surface area contributed by atoms with Crippen LogP contribution in [0.25, 0.3) is 11.4 Å². The highest BCUT2D eigenvalue weighted by Gasteiger charge is 2.28. The van der Waals surface area contributed by atoms with Crippen LogP contribution in [0.1, 0.15) is 23.6 Å². The maximum absolute atomic E-state index is 12.7. The highest BCUT2D eigenvalue weighted by atomic mass is 16.5. The van der Waals surface area contributed by atoms with Crippen LogP contribution in [-0.2, 0) is 11.2 Å². The van der Waals surface area contributed by atoms with Gasteiger partial charge in [0.25, 0.3) is 5.56 Å². The van der Waals surface area contributed by atoms with Crippen molar-refractivity contribution in [2.75, 3.05) is 20.2 Å². The summed E-state index contributed by atoms with van der Waals surface area (Å²) in [6.07, 6.45) is 4.44. The predicted molar refractivity (Wildman–Crippen MR) is 109 cm³/mol. The number of nitrogens with one attached hydrogen (secondary N) is 1. The molecule has 0 unspecified atom stereocenters. The van der Waals surface area contributed by atoms with Crippen LogP contribution >= 0.6 is 0 Å². The van der Waals surface area contributed by atoms with Gasteiger partial charge >= 0.3 is 0 Å². The van der Waals surface area contributed by atoms with Crippen LogP contribution in [-0.4, -0.2) is 46.0 Å². The summed E-state index contributed by atoms with van der Waals surface area (Å²) < 4.78 is 5.23. The zero-order chi connectivity index (χ0) is 20.2. The van der Waals surface area contributed by atoms with E-state index in [0.717, 1.165) is 29.0 Å². The fourth-order valence-corrected chi connectivity index (χ4v) is 3.63. The van der Waals surface area contributed by atoms with E-state index in [2.05, 4.69) is 15.0 Å². The van der Waals surface area contributed by atoms with Crippen molar-refractivity contribution in [1.82, 2.24) is 19.9 Å². The van der Waals surface area contributed by atoms with Crippen molar-refractivity contribution in [3.05, 3.63) is 76.5 Å². The number of hydrogen-bond acceptors (Lipinski definition) is 5. The summed E-state index contributed by atoms with van der Waals surface area (Å²) in [5.41, 5.74) is 2.26. The van der Waals surface area contributed by atoms with Crippen molar-refractivity contribution in [1.29, 1.82) is 0 Å². The van der Waals surface area contributed by atoms with E-state index in [1.54, 1.807) is 31.6 Å². The van der Waals surface area contributed by atoms with Crippen LogP contribution in [0.5, 0.6) is 5.75 Å². The molecule has 29 heavy (non-hydrogen) atoms. The molecular formula is C22H22N4O3. The largest absolute Gasteiger partial charge is 0.497 e. The van der Waals surface area contributed by atoms with Crippen LogP contribution < -0.4 is 10.3 Å². The van der Waals surface area contributed by atoms with Gasteiger partial charge in [-0.15, -0.1) is 0 Å². The van der Waals surface area contributed by atoms with Gasteiger partial charge in [0.15, 0.2) is 0 Å². The minimum atomic E-state index is -0.192. The maximum Gasteiger partial charge on any atom is 0.251 e. The lowest BCUT2D eigenvalue weighted by atomic mass is 10.0. The van der Waals surface area contributed by atoms with E-state index >= 15 is 0 Å². The van der Waals surface area contributed by atoms with E-state index < -0.39 is 0 Å². The molecule has 1 aliphatic heterocycles. The zero-order valence-corrected chi connectivity index (χ0v) is 16.2. The predicted octanol–water partition coefficient (Wildman–Crippen LogP) is 2.40. The highest BCUT2D eigenvalue weighted by Crippen LogP contribution is 2.27. The number of nitrogens with zero attached hydrogens (tertiary/aromatic N) is 3. The van der Waals surface area contributed by atoms with E-state index in [4.69, 9.17) is 4.74 Å². The number of aromatic amines is 1. The fourth-order valence-electron chi connectivity index (χ4n) is 3.63. The van der Waals surface area contributed by atoms with E-state index in [0.29, 0.717) is 25.3 Å². The number of benzene rings is 1. The Kier molecular flexibility index (Phi) is 5.37. The number of rotatable bonds is 5. The molecule has 1 amide bonds. The van der Waals surface area contributed by atoms with Crippen molar-refractivity contribution < 1.29 is 9.53 Å². The molecular weight excluding hydrogens is 368 g/mol. The van der Waals surface area contributed by atoms with Gasteiger partial charge in [-0.25, -0.2) is 4.98 Å². The Morgan fingerprint density at radius 2 is 2.07 bits per heavy atom. The Morgan fingerprint density at radius 1 is 1.24 bits per heavy atom. The van der Waals surface area contributed by atoms with Crippen LogP contribution in [0, 0.1) is 0 Å². The Hall–Kier alpha value is -3.48. The van der Waals surface area contributed by atoms with Crippen molar-refractivity contribution in [3.8, 4) is 17.1 Å². The van der Waals surface area contributed by atoms with Gasteiger partial charge < -0.3 is 14.6 Å². The number of pyridine rings is 1. The molecule has 0 bridgehead atoms. The van der Waals surface area contributed by atoms with Crippen LogP contribution in [0.15, 0.2) is 59.7 Å². The second-order valence-electron chi connectivity index (χ2n) is 7.11. The number of ether oxygens (including phenoxy) is 1. The summed E-state index contributed by atoms with van der Waals surface area (Å²) in [5, 5.41) is 0. The van der Waals surface area contributed by atoms with Crippen molar-refractivity contribution in [2.45, 2.75) is 18.8 Å². The second-order valence-corrected chi connectivity index (χ2v) is 7.11. The minimum Gasteiger partial charge on any atom is -0.497 e. The standard InChI is InChI=1S/C22H22N4O3/c1-29-18-4-2-3-15(11-18)12-21(28)26-10-7-17(14-26)19-13-20(27)25-22(24-19)16-5-8-23-9-6-16/h2-6,8-9,11,13,17H,7,10,12,14H2,1H3,(H,24,25,27)/t17-/m1/s1. The fraction of sp³-hybridized carbons (Fsp3) is 0.273. The number of likely N-dealkylation sites (tertiary alicyclic amines) is 1. The Balaban J connectivity index is 1.47. The Bertz CT molecular complexity index is 1060. The van der Waals surface area contributed by atoms with Crippen molar-refractivity contribution >= 4 is 5.91 Å². The molecule has 1 N–H and O–H groups in total. The number of aromatic nitrogens is 3. The highest BCUT2D eigenvalue weighted by molar-refractivity contribution is 5.79. The van der Waals surface area contributed by atoms with E-state index in [9.17, 15) is 9.59 Å². The van der Waals surface area contributed by atoms with Gasteiger partial charge in [-0.1, -0.05) is 12.1 Å². The molecule has 1 saturated heterocycles. The molecule has 2 aromatic heterocycles. The average molecular weight is 390 g/mol. The molecule has 7 nitrogen and oxygen atoms in total. The quantitative estimate of drug-likeness (QED) is 0.723. The molecule has 0 saturated carbocycles. The Morgan fingerprint density at radius 3 is 2.86 bits per heavy atom. The smallest absolute Gasteiger partial charge is 0.251 e. The van der Waals surface area contributed by atoms with E-state index in [1.807, 2.05) is 29.2 Å². The van der Waals surface area contributed by atoms with Gasteiger partial charge in [-0.3, -0.25) is 14.6 Å². The molecule has 1 aromatic carbocycles. The summed E-state index contributed by atoms with van der Waals surface area (Å²) in [4.78, 5) is 38.2. The lowest BCUT2D eigenvalue weighted by Crippen LogP contribution is -2.30. The second kappa shape index (κ2) is 8.26. The number of hydrogen-bond donors (Lipinski definition) is 1. The summed E-state index contributed by atoms with van der Waals surface area (Å²) in [7, 11) is 1.61. The van der Waals surface area contributed by atoms with Gasteiger partial charge in [-0.2, -0.15) is 0 Å². The number of carbonyl (C=O) groups is 1. The molecule has 7 heteroatoms. The summed E-state index contributed by atoms with van der Waals surface area (Å²) in [6, 6.07) is 12.7. The summed E-state index contributed by atoms with van der Waals surface area (Å²) in [6.45, 7) is 1.22. The lowest BCUT2D eigenvalue weighted by Gasteiger charge is -2.17. The molecule has 4 rings (SSSR count). The first kappa shape index (κ1) is 18.9. The van der Waals surface area contributed by atoms with Gasteiger partial charge in [0, 0.05) is 43.0 Å². The third-order valence-corrected chi connectivity index (χ3v) is 5.16. The average Bonchev–Trinajstić information content (AvgIpc) is 3.25. The molecule has 0 spiro atoms. The van der Waals surface area contributed by atoms with Crippen LogP contribution in [0.2, 0.25) is 0 Å². The first-order valence-corrected chi connectivity index (χ1v) is 9.55. The zero-order valence-electron chi connectivity index (χ0n) is 16.2. The monoisotopic (exact) mass is 390 g/mol. The number of carbonyl (C=O) groups excluding carboxylic acids is 1. The summed E-state index contributed by atoms with van der Waals surface area (Å²) >= 11 is 0. The molecule has 0 aliphatic carbocycles. The molecule has 0 radical (unpaired) electrons. The first-order chi connectivity index (χ1) is 14.1. The molecule has 3 heterocycles. The van der Waals surface area contributed by atoms with Crippen LogP contribution in [0.4, 0.5) is 0 Å². The van der Waals surface area contributed by atoms with E-state index in [1.165, 1.54) is 6.07 Å². The first-order valence-electron chi connectivity index (χ1n) is 9.55. The van der Waals surface area contributed by atoms with E-state index in [-0.39, 0.29) is 17.4 Å². The topological polar surface area (TPSA) is 88.2 Å². The molecule has 1 fully saturated rings. The number of methoxy groups -OCH3 is 1. The van der Waals surface area contributed by atoms with Crippen molar-refractivity contribution in [2.24, 2.45) is 0 Å². The Labute approximate surface area is 168 Å². The normalized spacial score (nSPS) is 16.0. The molecule has 1 aliphatic rings. The third-order valence-electron chi connectivity index (χ3n) is 5.16. The van der Waals surface area contributed by atoms with Gasteiger partial charge in [0.1, 0.15) is 11.6 Å². The number of amides is 1. The van der Waals surface area contributed by atoms with Crippen molar-refractivity contribution in [3.63, 3.8) is 0 Å². The summed E-state index contributed by atoms with van der Waals surface area (Å²) in [5.74, 6) is 1.38. The SMILES string of the molecule is COc1cccc(CC(=O)N2CC[C@@H](c3cc(=O)[nH]c(-c4ccncc4)n3)C2)c1. The van der Waals surface area contributed by atoms with Gasteiger partial charge in [0.2, 0.25) is 5.91 Å². The third kappa shape index (κ3) is 4.34.